The number of hydrogen-bond donors (Lipinski definition) is 1. The summed E-state index contributed by atoms with van der Waals surface area (Å²) in [5.74, 6) is 2.74. The second kappa shape index (κ2) is 5.65. The van der Waals surface area contributed by atoms with Crippen molar-refractivity contribution in [2.75, 3.05) is 0 Å². The van der Waals surface area contributed by atoms with Crippen molar-refractivity contribution in [2.24, 2.45) is 5.92 Å². The molecule has 1 aromatic carbocycles. The highest BCUT2D eigenvalue weighted by Crippen LogP contribution is 2.37. The van der Waals surface area contributed by atoms with Crippen LogP contribution in [0.4, 0.5) is 0 Å². The average Bonchev–Trinajstić information content (AvgIpc) is 2.97. The summed E-state index contributed by atoms with van der Waals surface area (Å²) in [7, 11) is 0. The first kappa shape index (κ1) is 13.2. The van der Waals surface area contributed by atoms with Crippen LogP contribution in [0, 0.1) is 5.92 Å². The first-order chi connectivity index (χ1) is 9.76. The molecule has 4 heteroatoms. The number of aromatic hydroxyl groups is 1. The maximum Gasteiger partial charge on any atom is 0.258 e. The quantitative estimate of drug-likeness (QED) is 0.912. The molecule has 0 aliphatic heterocycles. The number of nitrogens with zero attached hydrogens (tertiary/aromatic N) is 2. The van der Waals surface area contributed by atoms with Crippen LogP contribution in [-0.4, -0.2) is 15.2 Å². The lowest BCUT2D eigenvalue weighted by Crippen LogP contribution is -2.14. The Kier molecular flexibility index (Phi) is 3.72. The van der Waals surface area contributed by atoms with Crippen molar-refractivity contribution in [1.82, 2.24) is 10.1 Å². The summed E-state index contributed by atoms with van der Waals surface area (Å²) in [5.41, 5.74) is 0.770. The summed E-state index contributed by atoms with van der Waals surface area (Å²) >= 11 is 0. The van der Waals surface area contributed by atoms with Crippen LogP contribution in [0.5, 0.6) is 5.75 Å². The van der Waals surface area contributed by atoms with Gasteiger partial charge >= 0.3 is 0 Å². The molecule has 20 heavy (non-hydrogen) atoms. The van der Waals surface area contributed by atoms with Crippen molar-refractivity contribution in [2.45, 2.75) is 44.9 Å². The molecule has 2 unspecified atom stereocenters. The molecule has 0 spiro atoms. The van der Waals surface area contributed by atoms with E-state index in [2.05, 4.69) is 17.1 Å². The Bertz CT molecular complexity index is 579. The predicted octanol–water partition coefficient (Wildman–Crippen LogP) is 4.13. The molecular formula is C16H20N2O2. The topological polar surface area (TPSA) is 59.2 Å². The summed E-state index contributed by atoms with van der Waals surface area (Å²) in [4.78, 5) is 4.53. The van der Waals surface area contributed by atoms with E-state index in [1.165, 1.54) is 19.3 Å². The number of rotatable bonds is 3. The van der Waals surface area contributed by atoms with Crippen LogP contribution in [0.1, 0.15) is 50.8 Å². The molecule has 4 nitrogen and oxygen atoms in total. The van der Waals surface area contributed by atoms with Crippen LogP contribution in [0.15, 0.2) is 28.8 Å². The fourth-order valence-electron chi connectivity index (χ4n) is 3.05. The Balaban J connectivity index is 1.80. The number of aromatic nitrogens is 2. The Labute approximate surface area is 118 Å². The summed E-state index contributed by atoms with van der Waals surface area (Å²) in [6.45, 7) is 2.25. The van der Waals surface area contributed by atoms with E-state index in [0.717, 1.165) is 30.1 Å². The third-order valence-corrected chi connectivity index (χ3v) is 4.26. The molecule has 1 aromatic heterocycles. The predicted molar refractivity (Wildman–Crippen MR) is 76.4 cm³/mol. The van der Waals surface area contributed by atoms with Gasteiger partial charge in [-0.25, -0.2) is 0 Å². The van der Waals surface area contributed by atoms with E-state index in [1.807, 2.05) is 6.07 Å². The molecule has 0 bridgehead atoms. The minimum atomic E-state index is 0.214. The van der Waals surface area contributed by atoms with E-state index in [9.17, 15) is 5.11 Å². The summed E-state index contributed by atoms with van der Waals surface area (Å²) in [6, 6.07) is 6.93. The van der Waals surface area contributed by atoms with Gasteiger partial charge in [0.1, 0.15) is 5.75 Å². The highest BCUT2D eigenvalue weighted by molar-refractivity contribution is 5.55. The largest absolute Gasteiger partial charge is 0.508 e. The monoisotopic (exact) mass is 272 g/mol. The van der Waals surface area contributed by atoms with Gasteiger partial charge in [-0.15, -0.1) is 0 Å². The van der Waals surface area contributed by atoms with Crippen molar-refractivity contribution < 1.29 is 9.63 Å². The maximum absolute atomic E-state index is 9.51. The molecule has 1 aliphatic rings. The van der Waals surface area contributed by atoms with Crippen LogP contribution in [0.2, 0.25) is 0 Å². The van der Waals surface area contributed by atoms with Crippen molar-refractivity contribution in [1.29, 1.82) is 0 Å². The lowest BCUT2D eigenvalue weighted by molar-refractivity contribution is 0.300. The molecule has 3 rings (SSSR count). The second-order valence-electron chi connectivity index (χ2n) is 5.65. The summed E-state index contributed by atoms with van der Waals surface area (Å²) in [6.07, 6.45) is 6.11. The zero-order valence-electron chi connectivity index (χ0n) is 11.7. The fraction of sp³-hybridized carbons (Fsp3) is 0.500. The van der Waals surface area contributed by atoms with Crippen molar-refractivity contribution in [3.05, 3.63) is 30.1 Å². The molecule has 1 N–H and O–H groups in total. The van der Waals surface area contributed by atoms with E-state index in [4.69, 9.17) is 4.52 Å². The SMILES string of the molecule is CCC1CCCC(c2noc(-c3cccc(O)c3)n2)C1. The van der Waals surface area contributed by atoms with Gasteiger partial charge in [0.25, 0.3) is 5.89 Å². The molecule has 106 valence electrons. The standard InChI is InChI=1S/C16H20N2O2/c1-2-11-5-3-6-12(9-11)15-17-16(20-18-15)13-7-4-8-14(19)10-13/h4,7-8,10-12,19H,2-3,5-6,9H2,1H3. The van der Waals surface area contributed by atoms with E-state index in [1.54, 1.807) is 18.2 Å². The van der Waals surface area contributed by atoms with Gasteiger partial charge in [-0.1, -0.05) is 37.4 Å². The Morgan fingerprint density at radius 1 is 1.35 bits per heavy atom. The molecular weight excluding hydrogens is 252 g/mol. The highest BCUT2D eigenvalue weighted by atomic mass is 16.5. The number of phenolic OH excluding ortho intramolecular Hbond substituents is 1. The van der Waals surface area contributed by atoms with E-state index < -0.39 is 0 Å². The van der Waals surface area contributed by atoms with Crippen LogP contribution < -0.4 is 0 Å². The Morgan fingerprint density at radius 2 is 2.25 bits per heavy atom. The third-order valence-electron chi connectivity index (χ3n) is 4.26. The van der Waals surface area contributed by atoms with Crippen molar-refractivity contribution in [3.8, 4) is 17.2 Å². The van der Waals surface area contributed by atoms with E-state index in [-0.39, 0.29) is 5.75 Å². The van der Waals surface area contributed by atoms with E-state index in [0.29, 0.717) is 11.8 Å². The number of hydrogen-bond acceptors (Lipinski definition) is 4. The van der Waals surface area contributed by atoms with Gasteiger partial charge < -0.3 is 9.63 Å². The molecule has 1 fully saturated rings. The zero-order valence-corrected chi connectivity index (χ0v) is 11.7. The van der Waals surface area contributed by atoms with E-state index >= 15 is 0 Å². The number of benzene rings is 1. The Hall–Kier alpha value is -1.84. The molecule has 0 amide bonds. The van der Waals surface area contributed by atoms with Gasteiger partial charge in [0.15, 0.2) is 5.82 Å². The molecule has 0 saturated heterocycles. The second-order valence-corrected chi connectivity index (χ2v) is 5.65. The van der Waals surface area contributed by atoms with Crippen LogP contribution in [0.3, 0.4) is 0 Å². The third kappa shape index (κ3) is 2.69. The minimum Gasteiger partial charge on any atom is -0.508 e. The van der Waals surface area contributed by atoms with Gasteiger partial charge in [-0.3, -0.25) is 0 Å². The normalized spacial score (nSPS) is 22.9. The lowest BCUT2D eigenvalue weighted by atomic mass is 9.80. The molecule has 1 aliphatic carbocycles. The van der Waals surface area contributed by atoms with Gasteiger partial charge in [0.2, 0.25) is 0 Å². The summed E-state index contributed by atoms with van der Waals surface area (Å²) in [5, 5.41) is 13.7. The van der Waals surface area contributed by atoms with Crippen LogP contribution >= 0.6 is 0 Å². The highest BCUT2D eigenvalue weighted by Gasteiger charge is 2.26. The smallest absolute Gasteiger partial charge is 0.258 e. The summed E-state index contributed by atoms with van der Waals surface area (Å²) < 4.78 is 5.36. The van der Waals surface area contributed by atoms with Crippen molar-refractivity contribution >= 4 is 0 Å². The van der Waals surface area contributed by atoms with Gasteiger partial charge in [0, 0.05) is 11.5 Å². The zero-order chi connectivity index (χ0) is 13.9. The maximum atomic E-state index is 9.51. The van der Waals surface area contributed by atoms with Gasteiger partial charge in [-0.2, -0.15) is 4.98 Å². The molecule has 1 saturated carbocycles. The number of phenols is 1. The van der Waals surface area contributed by atoms with Gasteiger partial charge in [-0.05, 0) is 37.0 Å². The minimum absolute atomic E-state index is 0.214. The van der Waals surface area contributed by atoms with Crippen LogP contribution in [-0.2, 0) is 0 Å². The first-order valence-corrected chi connectivity index (χ1v) is 7.39. The molecule has 0 radical (unpaired) electrons. The van der Waals surface area contributed by atoms with Crippen LogP contribution in [0.25, 0.3) is 11.5 Å². The lowest BCUT2D eigenvalue weighted by Gasteiger charge is -2.26. The van der Waals surface area contributed by atoms with Crippen molar-refractivity contribution in [3.63, 3.8) is 0 Å². The average molecular weight is 272 g/mol. The van der Waals surface area contributed by atoms with Gasteiger partial charge in [0.05, 0.1) is 0 Å². The first-order valence-electron chi connectivity index (χ1n) is 7.39. The fourth-order valence-corrected chi connectivity index (χ4v) is 3.05. The molecule has 1 heterocycles. The molecule has 2 aromatic rings. The molecule has 2 atom stereocenters. The Morgan fingerprint density at radius 3 is 3.05 bits per heavy atom.